The summed E-state index contributed by atoms with van der Waals surface area (Å²) in [6, 6.07) is 6.40. The summed E-state index contributed by atoms with van der Waals surface area (Å²) in [4.78, 5) is 2.19. The second-order valence-electron chi connectivity index (χ2n) is 5.68. The second-order valence-corrected chi connectivity index (χ2v) is 6.92. The molecule has 3 rings (SSSR count). The molecule has 0 radical (unpaired) electrons. The number of fused-ring (bicyclic) bond motifs is 4. The fourth-order valence-electron chi connectivity index (χ4n) is 3.22. The van der Waals surface area contributed by atoms with Gasteiger partial charge in [0.1, 0.15) is 5.75 Å². The van der Waals surface area contributed by atoms with E-state index in [1.165, 1.54) is 5.56 Å². The Bertz CT molecular complexity index is 565. The Kier molecular flexibility index (Phi) is 3.45. The van der Waals surface area contributed by atoms with Crippen LogP contribution in [0.25, 0.3) is 0 Å². The highest BCUT2D eigenvalue weighted by atomic mass is 79.9. The molecule has 1 saturated heterocycles. The highest BCUT2D eigenvalue weighted by Crippen LogP contribution is 2.50. The zero-order valence-electron chi connectivity index (χ0n) is 11.9. The van der Waals surface area contributed by atoms with Gasteiger partial charge in [0.05, 0.1) is 10.5 Å². The predicted octanol–water partition coefficient (Wildman–Crippen LogP) is 3.84. The number of thiocarbonyl (C=S) groups is 1. The first-order valence-electron chi connectivity index (χ1n) is 7.04. The number of nitrogens with zero attached hydrogens (tertiary/aromatic N) is 1. The molecule has 0 saturated carbocycles. The summed E-state index contributed by atoms with van der Waals surface area (Å²) in [7, 11) is 0. The van der Waals surface area contributed by atoms with E-state index in [9.17, 15) is 0 Å². The number of halogens is 1. The maximum Gasteiger partial charge on any atom is 0.186 e. The van der Waals surface area contributed by atoms with Crippen LogP contribution in [0.4, 0.5) is 0 Å². The Morgan fingerprint density at radius 1 is 1.50 bits per heavy atom. The van der Waals surface area contributed by atoms with Crippen LogP contribution in [0.5, 0.6) is 5.75 Å². The molecule has 1 aromatic rings. The zero-order chi connectivity index (χ0) is 14.5. The van der Waals surface area contributed by atoms with Crippen LogP contribution in [0.15, 0.2) is 22.7 Å². The molecule has 20 heavy (non-hydrogen) atoms. The molecule has 2 bridgehead atoms. The van der Waals surface area contributed by atoms with E-state index in [0.717, 1.165) is 28.3 Å². The smallest absolute Gasteiger partial charge is 0.186 e. The van der Waals surface area contributed by atoms with Crippen molar-refractivity contribution in [3.8, 4) is 5.75 Å². The molecule has 2 aliphatic rings. The lowest BCUT2D eigenvalue weighted by Crippen LogP contribution is -2.69. The van der Waals surface area contributed by atoms with Gasteiger partial charge in [0.25, 0.3) is 0 Å². The summed E-state index contributed by atoms with van der Waals surface area (Å²) in [6.07, 6.45) is 1.04. The molecule has 5 heteroatoms. The third-order valence-electron chi connectivity index (χ3n) is 4.49. The van der Waals surface area contributed by atoms with E-state index in [0.29, 0.717) is 5.92 Å². The van der Waals surface area contributed by atoms with E-state index in [-0.39, 0.29) is 11.8 Å². The Labute approximate surface area is 133 Å². The Morgan fingerprint density at radius 3 is 2.95 bits per heavy atom. The fraction of sp³-hybridized carbons (Fsp3) is 0.533. The summed E-state index contributed by atoms with van der Waals surface area (Å²) < 4.78 is 7.42. The zero-order valence-corrected chi connectivity index (χ0v) is 14.3. The van der Waals surface area contributed by atoms with Crippen molar-refractivity contribution in [2.45, 2.75) is 39.0 Å². The maximum absolute atomic E-state index is 6.42. The molecule has 2 heterocycles. The van der Waals surface area contributed by atoms with Crippen molar-refractivity contribution in [3.05, 3.63) is 28.2 Å². The van der Waals surface area contributed by atoms with Crippen molar-refractivity contribution < 1.29 is 4.74 Å². The topological polar surface area (TPSA) is 24.5 Å². The van der Waals surface area contributed by atoms with E-state index in [1.54, 1.807) is 0 Å². The molecule has 1 aromatic carbocycles. The molecule has 0 amide bonds. The summed E-state index contributed by atoms with van der Waals surface area (Å²) in [6.45, 7) is 7.44. The molecule has 3 nitrogen and oxygen atoms in total. The van der Waals surface area contributed by atoms with Gasteiger partial charge in [-0.1, -0.05) is 26.0 Å². The average molecular weight is 355 g/mol. The lowest BCUT2D eigenvalue weighted by Gasteiger charge is -2.56. The molecule has 3 atom stereocenters. The number of rotatable bonds is 2. The number of nitrogens with one attached hydrogen (secondary N) is 1. The van der Waals surface area contributed by atoms with Gasteiger partial charge in [-0.25, -0.2) is 0 Å². The van der Waals surface area contributed by atoms with Crippen LogP contribution in [0.1, 0.15) is 38.8 Å². The van der Waals surface area contributed by atoms with E-state index in [1.807, 2.05) is 12.1 Å². The summed E-state index contributed by atoms with van der Waals surface area (Å²) in [5.74, 6) is 1.26. The SMILES string of the molecule is CCCN1C(=S)NC2c3cccc(Br)c3OC1(C)C2C. The van der Waals surface area contributed by atoms with Gasteiger partial charge in [-0.2, -0.15) is 0 Å². The van der Waals surface area contributed by atoms with Gasteiger partial charge in [-0.05, 0) is 47.6 Å². The molecule has 2 aliphatic heterocycles. The quantitative estimate of drug-likeness (QED) is 0.815. The molecule has 1 N–H and O–H groups in total. The number of hydrogen-bond donors (Lipinski definition) is 1. The third-order valence-corrected chi connectivity index (χ3v) is 5.46. The maximum atomic E-state index is 6.42. The Morgan fingerprint density at radius 2 is 2.25 bits per heavy atom. The standard InChI is InChI=1S/C15H19BrN2OS/c1-4-8-18-14(20)17-12-9(2)15(18,3)19-13-10(12)6-5-7-11(13)16/h5-7,9,12H,4,8H2,1-3H3,(H,17,20). The fourth-order valence-corrected chi connectivity index (χ4v) is 4.08. The molecular formula is C15H19BrN2OS. The number of para-hydroxylation sites is 1. The normalized spacial score (nSPS) is 31.4. The predicted molar refractivity (Wildman–Crippen MR) is 87.8 cm³/mol. The van der Waals surface area contributed by atoms with E-state index >= 15 is 0 Å². The van der Waals surface area contributed by atoms with Crippen LogP contribution in [0.3, 0.4) is 0 Å². The minimum Gasteiger partial charge on any atom is -0.466 e. The van der Waals surface area contributed by atoms with Crippen LogP contribution in [0, 0.1) is 5.92 Å². The molecule has 3 unspecified atom stereocenters. The number of ether oxygens (including phenoxy) is 1. The Hall–Kier alpha value is -0.810. The molecule has 0 aliphatic carbocycles. The highest BCUT2D eigenvalue weighted by molar-refractivity contribution is 9.10. The van der Waals surface area contributed by atoms with Crippen molar-refractivity contribution in [3.63, 3.8) is 0 Å². The van der Waals surface area contributed by atoms with Gasteiger partial charge in [0, 0.05) is 18.0 Å². The average Bonchev–Trinajstić information content (AvgIpc) is 2.41. The number of hydrogen-bond acceptors (Lipinski definition) is 2. The van der Waals surface area contributed by atoms with Gasteiger partial charge in [0.15, 0.2) is 10.8 Å². The van der Waals surface area contributed by atoms with Crippen molar-refractivity contribution in [2.24, 2.45) is 5.92 Å². The van der Waals surface area contributed by atoms with Gasteiger partial charge >= 0.3 is 0 Å². The summed E-state index contributed by atoms with van der Waals surface area (Å²) in [5, 5.41) is 4.29. The first kappa shape index (κ1) is 14.1. The van der Waals surface area contributed by atoms with Crippen molar-refractivity contribution in [1.29, 1.82) is 0 Å². The third kappa shape index (κ3) is 1.86. The summed E-state index contributed by atoms with van der Waals surface area (Å²) in [5.41, 5.74) is 0.794. The highest BCUT2D eigenvalue weighted by Gasteiger charge is 2.53. The van der Waals surface area contributed by atoms with Crippen LogP contribution < -0.4 is 10.1 Å². The van der Waals surface area contributed by atoms with E-state index in [4.69, 9.17) is 17.0 Å². The largest absolute Gasteiger partial charge is 0.466 e. The molecular weight excluding hydrogens is 336 g/mol. The van der Waals surface area contributed by atoms with Gasteiger partial charge in [0.2, 0.25) is 0 Å². The molecule has 108 valence electrons. The lowest BCUT2D eigenvalue weighted by atomic mass is 9.81. The van der Waals surface area contributed by atoms with Gasteiger partial charge < -0.3 is 15.0 Å². The van der Waals surface area contributed by atoms with Crippen molar-refractivity contribution in [1.82, 2.24) is 10.2 Å². The van der Waals surface area contributed by atoms with E-state index < -0.39 is 0 Å². The van der Waals surface area contributed by atoms with E-state index in [2.05, 4.69) is 53.0 Å². The van der Waals surface area contributed by atoms with Crippen molar-refractivity contribution in [2.75, 3.05) is 6.54 Å². The minimum absolute atomic E-state index is 0.210. The lowest BCUT2D eigenvalue weighted by molar-refractivity contribution is -0.110. The number of benzene rings is 1. The monoisotopic (exact) mass is 354 g/mol. The Balaban J connectivity index is 2.12. The molecule has 0 spiro atoms. The molecule has 1 fully saturated rings. The van der Waals surface area contributed by atoms with Gasteiger partial charge in [-0.15, -0.1) is 0 Å². The first-order chi connectivity index (χ1) is 9.49. The van der Waals surface area contributed by atoms with Crippen molar-refractivity contribution >= 4 is 33.3 Å². The minimum atomic E-state index is -0.389. The van der Waals surface area contributed by atoms with Gasteiger partial charge in [-0.3, -0.25) is 0 Å². The first-order valence-corrected chi connectivity index (χ1v) is 8.24. The van der Waals surface area contributed by atoms with Crippen LogP contribution >= 0.6 is 28.1 Å². The van der Waals surface area contributed by atoms with Crippen LogP contribution in [-0.2, 0) is 0 Å². The van der Waals surface area contributed by atoms with Crippen LogP contribution in [0.2, 0.25) is 0 Å². The summed E-state index contributed by atoms with van der Waals surface area (Å²) >= 11 is 9.16. The van der Waals surface area contributed by atoms with Crippen LogP contribution in [-0.4, -0.2) is 22.3 Å². The second kappa shape index (κ2) is 4.88. The molecule has 0 aromatic heterocycles.